The van der Waals surface area contributed by atoms with Crippen LogP contribution in [0, 0.1) is 21.0 Å². The first kappa shape index (κ1) is 17.8. The number of likely N-dealkylation sites (tertiary alicyclic amines) is 1. The molecule has 126 valence electrons. The predicted molar refractivity (Wildman–Crippen MR) is 95.8 cm³/mol. The van der Waals surface area contributed by atoms with Crippen molar-refractivity contribution in [3.05, 3.63) is 56.9 Å². The molecule has 1 fully saturated rings. The van der Waals surface area contributed by atoms with E-state index in [9.17, 15) is 18.0 Å². The van der Waals surface area contributed by atoms with Crippen LogP contribution in [-0.2, 0) is 0 Å². The zero-order chi connectivity index (χ0) is 17.4. The van der Waals surface area contributed by atoms with Crippen LogP contribution in [0.1, 0.15) is 10.4 Å². The molecule has 0 radical (unpaired) electrons. The summed E-state index contributed by atoms with van der Waals surface area (Å²) in [7, 11) is 0. The van der Waals surface area contributed by atoms with Crippen molar-refractivity contribution in [3.8, 4) is 0 Å². The third-order valence-corrected chi connectivity index (χ3v) is 7.35. The molecule has 24 heavy (non-hydrogen) atoms. The van der Waals surface area contributed by atoms with E-state index in [1.165, 1.54) is 17.0 Å². The minimum absolute atomic E-state index is 0.0134. The van der Waals surface area contributed by atoms with E-state index < -0.39 is 33.2 Å². The molecule has 2 N–H and O–H groups in total. The summed E-state index contributed by atoms with van der Waals surface area (Å²) in [5, 5.41) is 0. The van der Waals surface area contributed by atoms with Crippen LogP contribution in [-0.4, -0.2) is 45.7 Å². The van der Waals surface area contributed by atoms with Crippen molar-refractivity contribution in [2.75, 3.05) is 13.1 Å². The summed E-state index contributed by atoms with van der Waals surface area (Å²) in [5.74, 6) is -2.95. The van der Waals surface area contributed by atoms with Gasteiger partial charge in [0.15, 0.2) is 0 Å². The number of nitrogens with zero attached hydrogens (tertiary/aromatic N) is 1. The molecule has 1 amide bonds. The molecule has 8 heteroatoms. The van der Waals surface area contributed by atoms with Gasteiger partial charge in [0.1, 0.15) is 0 Å². The molecule has 1 aliphatic heterocycles. The Hall–Kier alpha value is -1.05. The number of halogens is 4. The van der Waals surface area contributed by atoms with Crippen molar-refractivity contribution in [1.29, 1.82) is 0 Å². The third-order valence-electron chi connectivity index (χ3n) is 3.71. The molecule has 1 unspecified atom stereocenters. The number of rotatable bonds is 3. The summed E-state index contributed by atoms with van der Waals surface area (Å²) < 4.78 is 43.1. The van der Waals surface area contributed by atoms with Crippen LogP contribution >= 0.6 is 22.6 Å². The number of amides is 1. The molecule has 1 heterocycles. The molecule has 0 saturated carbocycles. The van der Waals surface area contributed by atoms with E-state index in [0.717, 1.165) is 6.07 Å². The van der Waals surface area contributed by atoms with E-state index >= 15 is 0 Å². The van der Waals surface area contributed by atoms with Crippen LogP contribution in [0.5, 0.6) is 0 Å². The fourth-order valence-electron chi connectivity index (χ4n) is 2.43. The summed E-state index contributed by atoms with van der Waals surface area (Å²) in [6.07, 6.45) is 0. The Labute approximate surface area is 157 Å². The second-order valence-electron chi connectivity index (χ2n) is 5.50. The van der Waals surface area contributed by atoms with Gasteiger partial charge in [-0.25, -0.2) is 0 Å². The molecule has 0 aromatic heterocycles. The first-order valence-electron chi connectivity index (χ1n) is 7.11. The van der Waals surface area contributed by atoms with Crippen LogP contribution < -0.4 is 14.4 Å². The van der Waals surface area contributed by atoms with Crippen molar-refractivity contribution < 1.29 is 18.0 Å². The van der Waals surface area contributed by atoms with Crippen molar-refractivity contribution in [1.82, 2.24) is 4.90 Å². The van der Waals surface area contributed by atoms with Crippen molar-refractivity contribution in [2.24, 2.45) is 5.73 Å². The van der Waals surface area contributed by atoms with Gasteiger partial charge in [-0.3, -0.25) is 0 Å². The molecular formula is C16H13AsF3IN2O. The van der Waals surface area contributed by atoms with E-state index in [1.807, 2.05) is 22.6 Å². The van der Waals surface area contributed by atoms with Gasteiger partial charge in [-0.05, 0) is 0 Å². The summed E-state index contributed by atoms with van der Waals surface area (Å²) in [5.41, 5.74) is 5.76. The number of hydrogen-bond donors (Lipinski definition) is 1. The van der Waals surface area contributed by atoms with Gasteiger partial charge < -0.3 is 0 Å². The van der Waals surface area contributed by atoms with Crippen molar-refractivity contribution in [3.63, 3.8) is 0 Å². The molecule has 3 nitrogen and oxygen atoms in total. The second kappa shape index (κ2) is 7.06. The maximum absolute atomic E-state index is 14.3. The van der Waals surface area contributed by atoms with E-state index in [0.29, 0.717) is 21.0 Å². The zero-order valence-electron chi connectivity index (χ0n) is 12.3. The van der Waals surface area contributed by atoms with E-state index in [1.54, 1.807) is 12.1 Å². The topological polar surface area (TPSA) is 46.3 Å². The van der Waals surface area contributed by atoms with Crippen LogP contribution in [0.4, 0.5) is 13.2 Å². The van der Waals surface area contributed by atoms with Gasteiger partial charge >= 0.3 is 158 Å². The Balaban J connectivity index is 1.99. The fraction of sp³-hybridized carbons (Fsp3) is 0.188. The van der Waals surface area contributed by atoms with Crippen LogP contribution in [0.3, 0.4) is 0 Å². The number of hydrogen-bond acceptors (Lipinski definition) is 2. The van der Waals surface area contributed by atoms with Crippen molar-refractivity contribution in [2.45, 2.75) is 6.04 Å². The molecular weight excluding hydrogens is 495 g/mol. The molecule has 0 bridgehead atoms. The minimum atomic E-state index is -1.55. The van der Waals surface area contributed by atoms with Crippen LogP contribution in [0.2, 0.25) is 0 Å². The number of carbonyl (C=O) groups excluding carboxylic acids is 1. The molecule has 2 aromatic rings. The number of nitrogens with two attached hydrogens (primary N) is 1. The molecule has 0 aliphatic carbocycles. The first-order chi connectivity index (χ1) is 11.4. The summed E-state index contributed by atoms with van der Waals surface area (Å²) in [4.78, 5) is 14.0. The quantitative estimate of drug-likeness (QED) is 0.495. The van der Waals surface area contributed by atoms with E-state index in [4.69, 9.17) is 5.73 Å². The summed E-state index contributed by atoms with van der Waals surface area (Å²) in [6.45, 7) is 0.768. The normalized spacial score (nSPS) is 15.1. The SMILES string of the molecule is NC1CN(C(=O)c2ccc(F)c(F)c2[AsH]c2ccc(I)cc2F)C1. The second-order valence-corrected chi connectivity index (χ2v) is 9.45. The summed E-state index contributed by atoms with van der Waals surface area (Å²) in [6, 6.07) is 6.72. The average molecular weight is 508 g/mol. The van der Waals surface area contributed by atoms with Gasteiger partial charge in [0.2, 0.25) is 0 Å². The Morgan fingerprint density at radius 3 is 2.50 bits per heavy atom. The monoisotopic (exact) mass is 508 g/mol. The third kappa shape index (κ3) is 3.48. The molecule has 1 aliphatic rings. The predicted octanol–water partition coefficient (Wildman–Crippen LogP) is 0.879. The van der Waals surface area contributed by atoms with Gasteiger partial charge in [0.25, 0.3) is 0 Å². The van der Waals surface area contributed by atoms with Gasteiger partial charge in [-0.1, -0.05) is 0 Å². The number of carbonyl (C=O) groups is 1. The van der Waals surface area contributed by atoms with Crippen LogP contribution in [0.15, 0.2) is 30.3 Å². The first-order valence-corrected chi connectivity index (χ1v) is 10.3. The molecule has 3 rings (SSSR count). The average Bonchev–Trinajstić information content (AvgIpc) is 2.50. The Morgan fingerprint density at radius 2 is 1.88 bits per heavy atom. The van der Waals surface area contributed by atoms with Crippen molar-refractivity contribution >= 4 is 53.0 Å². The molecule has 1 saturated heterocycles. The summed E-state index contributed by atoms with van der Waals surface area (Å²) >= 11 is 0.421. The maximum atomic E-state index is 14.3. The zero-order valence-corrected chi connectivity index (χ0v) is 16.6. The molecule has 0 spiro atoms. The van der Waals surface area contributed by atoms with Gasteiger partial charge in [0, 0.05) is 0 Å². The standard InChI is InChI=1S/C16H13AsF3IN2O/c18-12-4-2-10(16(24)23-6-9(22)7-23)14(15(12)20)17-11-3-1-8(21)5-13(11)19/h1-5,9,17H,6-7,22H2. The Kier molecular flexibility index (Phi) is 5.22. The van der Waals surface area contributed by atoms with E-state index in [2.05, 4.69) is 0 Å². The van der Waals surface area contributed by atoms with Crippen LogP contribution in [0.25, 0.3) is 0 Å². The van der Waals surface area contributed by atoms with E-state index in [-0.39, 0.29) is 21.9 Å². The Morgan fingerprint density at radius 1 is 1.17 bits per heavy atom. The molecule has 1 atom stereocenters. The molecule has 2 aromatic carbocycles. The Bertz CT molecular complexity index is 812. The van der Waals surface area contributed by atoms with Gasteiger partial charge in [0.05, 0.1) is 0 Å². The fourth-order valence-corrected chi connectivity index (χ4v) is 5.36. The van der Waals surface area contributed by atoms with Gasteiger partial charge in [-0.15, -0.1) is 0 Å². The van der Waals surface area contributed by atoms with Gasteiger partial charge in [-0.2, -0.15) is 0 Å². The number of benzene rings is 2.